The highest BCUT2D eigenvalue weighted by atomic mass is 16.4. The van der Waals surface area contributed by atoms with Crippen LogP contribution in [-0.4, -0.2) is 25.0 Å². The molecule has 0 saturated carbocycles. The summed E-state index contributed by atoms with van der Waals surface area (Å²) in [6.07, 6.45) is 1.85. The van der Waals surface area contributed by atoms with E-state index in [9.17, 15) is 4.79 Å². The molecule has 1 aromatic carbocycles. The Balaban J connectivity index is 2.32. The van der Waals surface area contributed by atoms with Crippen LogP contribution in [0.5, 0.6) is 0 Å². The molecule has 0 unspecified atom stereocenters. The number of imidazole rings is 2. The molecule has 0 saturated heterocycles. The number of rotatable bonds is 2. The van der Waals surface area contributed by atoms with Crippen LogP contribution in [0.3, 0.4) is 0 Å². The number of hydrogen-bond acceptors (Lipinski definition) is 2. The number of carbonyl (C=O) groups is 1. The molecule has 0 bridgehead atoms. The molecular weight excluding hydrogens is 230 g/mol. The van der Waals surface area contributed by atoms with E-state index in [1.807, 2.05) is 47.3 Å². The van der Waals surface area contributed by atoms with Crippen molar-refractivity contribution in [3.05, 3.63) is 35.7 Å². The topological polar surface area (TPSA) is 59.5 Å². The number of fused-ring (bicyclic) bond motifs is 3. The SMILES string of the molecule is Cc1cccc2c1nc1n(C)c(CC(=O)O)cn21. The maximum Gasteiger partial charge on any atom is 0.309 e. The second-order valence-corrected chi connectivity index (χ2v) is 4.47. The highest BCUT2D eigenvalue weighted by molar-refractivity contribution is 5.83. The Morgan fingerprint density at radius 1 is 1.44 bits per heavy atom. The monoisotopic (exact) mass is 243 g/mol. The predicted octanol–water partition coefficient (Wildman–Crippen LogP) is 1.76. The van der Waals surface area contributed by atoms with Gasteiger partial charge >= 0.3 is 5.97 Å². The first-order chi connectivity index (χ1) is 8.58. The van der Waals surface area contributed by atoms with Crippen molar-refractivity contribution in [3.63, 3.8) is 0 Å². The molecule has 0 atom stereocenters. The summed E-state index contributed by atoms with van der Waals surface area (Å²) in [4.78, 5) is 15.4. The van der Waals surface area contributed by atoms with Crippen molar-refractivity contribution in [1.82, 2.24) is 14.0 Å². The fourth-order valence-electron chi connectivity index (χ4n) is 2.29. The summed E-state index contributed by atoms with van der Waals surface area (Å²) in [6.45, 7) is 2.02. The van der Waals surface area contributed by atoms with Gasteiger partial charge in [-0.05, 0) is 18.6 Å². The lowest BCUT2D eigenvalue weighted by atomic mass is 10.2. The van der Waals surface area contributed by atoms with Gasteiger partial charge in [-0.25, -0.2) is 4.98 Å². The third-order valence-corrected chi connectivity index (χ3v) is 3.24. The molecule has 0 fully saturated rings. The predicted molar refractivity (Wildman–Crippen MR) is 67.7 cm³/mol. The van der Waals surface area contributed by atoms with E-state index in [0.29, 0.717) is 0 Å². The molecule has 5 heteroatoms. The van der Waals surface area contributed by atoms with Gasteiger partial charge in [0, 0.05) is 18.9 Å². The maximum atomic E-state index is 10.8. The highest BCUT2D eigenvalue weighted by Crippen LogP contribution is 2.21. The summed E-state index contributed by atoms with van der Waals surface area (Å²) < 4.78 is 3.77. The number of carboxylic acid groups (broad SMARTS) is 1. The van der Waals surface area contributed by atoms with Gasteiger partial charge in [-0.15, -0.1) is 0 Å². The number of hydrogen-bond donors (Lipinski definition) is 1. The van der Waals surface area contributed by atoms with Crippen molar-refractivity contribution in [2.75, 3.05) is 0 Å². The number of nitrogens with zero attached hydrogens (tertiary/aromatic N) is 3. The third kappa shape index (κ3) is 1.40. The van der Waals surface area contributed by atoms with Crippen LogP contribution in [-0.2, 0) is 18.3 Å². The summed E-state index contributed by atoms with van der Waals surface area (Å²) >= 11 is 0. The third-order valence-electron chi connectivity index (χ3n) is 3.24. The van der Waals surface area contributed by atoms with E-state index >= 15 is 0 Å². The summed E-state index contributed by atoms with van der Waals surface area (Å²) in [7, 11) is 1.84. The molecule has 92 valence electrons. The van der Waals surface area contributed by atoms with Crippen LogP contribution < -0.4 is 0 Å². The van der Waals surface area contributed by atoms with Gasteiger partial charge in [-0.3, -0.25) is 9.20 Å². The molecule has 0 aliphatic heterocycles. The zero-order valence-electron chi connectivity index (χ0n) is 10.2. The van der Waals surface area contributed by atoms with Crippen LogP contribution in [0.15, 0.2) is 24.4 Å². The van der Waals surface area contributed by atoms with E-state index in [2.05, 4.69) is 4.98 Å². The molecule has 1 N–H and O–H groups in total. The van der Waals surface area contributed by atoms with Crippen LogP contribution in [0.2, 0.25) is 0 Å². The van der Waals surface area contributed by atoms with Gasteiger partial charge < -0.3 is 9.67 Å². The van der Waals surface area contributed by atoms with E-state index in [1.165, 1.54) is 0 Å². The van der Waals surface area contributed by atoms with Crippen LogP contribution in [0, 0.1) is 6.92 Å². The summed E-state index contributed by atoms with van der Waals surface area (Å²) in [5.74, 6) is -0.0603. The highest BCUT2D eigenvalue weighted by Gasteiger charge is 2.14. The first kappa shape index (κ1) is 10.8. The van der Waals surface area contributed by atoms with E-state index in [0.717, 1.165) is 28.1 Å². The molecule has 0 amide bonds. The molecule has 2 aromatic heterocycles. The van der Waals surface area contributed by atoms with Crippen molar-refractivity contribution in [3.8, 4) is 0 Å². The largest absolute Gasteiger partial charge is 0.481 e. The van der Waals surface area contributed by atoms with Crippen molar-refractivity contribution < 1.29 is 9.90 Å². The fraction of sp³-hybridized carbons (Fsp3) is 0.231. The molecule has 2 heterocycles. The van der Waals surface area contributed by atoms with Gasteiger partial charge in [-0.1, -0.05) is 12.1 Å². The molecule has 0 aliphatic carbocycles. The van der Waals surface area contributed by atoms with Crippen molar-refractivity contribution >= 4 is 22.8 Å². The lowest BCUT2D eigenvalue weighted by molar-refractivity contribution is -0.136. The zero-order valence-corrected chi connectivity index (χ0v) is 10.2. The molecule has 0 radical (unpaired) electrons. The quantitative estimate of drug-likeness (QED) is 0.746. The van der Waals surface area contributed by atoms with Gasteiger partial charge in [0.15, 0.2) is 0 Å². The minimum atomic E-state index is -0.834. The Kier molecular flexibility index (Phi) is 2.16. The minimum absolute atomic E-state index is 0.00711. The zero-order chi connectivity index (χ0) is 12.9. The smallest absolute Gasteiger partial charge is 0.309 e. The number of aromatic nitrogens is 3. The Morgan fingerprint density at radius 2 is 2.22 bits per heavy atom. The average molecular weight is 243 g/mol. The Bertz CT molecular complexity index is 767. The van der Waals surface area contributed by atoms with E-state index in [-0.39, 0.29) is 6.42 Å². The first-order valence-corrected chi connectivity index (χ1v) is 5.71. The van der Waals surface area contributed by atoms with E-state index in [4.69, 9.17) is 5.11 Å². The number of benzene rings is 1. The van der Waals surface area contributed by atoms with Gasteiger partial charge in [0.1, 0.15) is 0 Å². The molecule has 5 nitrogen and oxygen atoms in total. The Hall–Kier alpha value is -2.30. The molecule has 0 spiro atoms. The van der Waals surface area contributed by atoms with Crippen LogP contribution in [0.4, 0.5) is 0 Å². The van der Waals surface area contributed by atoms with Gasteiger partial charge in [0.25, 0.3) is 0 Å². The molecular formula is C13H13N3O2. The lowest BCUT2D eigenvalue weighted by Gasteiger charge is -1.97. The van der Waals surface area contributed by atoms with Gasteiger partial charge in [0.2, 0.25) is 5.78 Å². The van der Waals surface area contributed by atoms with E-state index < -0.39 is 5.97 Å². The molecule has 3 rings (SSSR count). The minimum Gasteiger partial charge on any atom is -0.481 e. The number of aliphatic carboxylic acids is 1. The second kappa shape index (κ2) is 3.60. The summed E-state index contributed by atoms with van der Waals surface area (Å²) in [5.41, 5.74) is 3.84. The number of aryl methyl sites for hydroxylation is 2. The fourth-order valence-corrected chi connectivity index (χ4v) is 2.29. The van der Waals surface area contributed by atoms with Crippen LogP contribution in [0.1, 0.15) is 11.3 Å². The average Bonchev–Trinajstić information content (AvgIpc) is 2.80. The van der Waals surface area contributed by atoms with Gasteiger partial charge in [-0.2, -0.15) is 0 Å². The lowest BCUT2D eigenvalue weighted by Crippen LogP contribution is -2.05. The van der Waals surface area contributed by atoms with Crippen LogP contribution >= 0.6 is 0 Å². The Morgan fingerprint density at radius 3 is 2.94 bits per heavy atom. The maximum absolute atomic E-state index is 10.8. The number of carboxylic acids is 1. The second-order valence-electron chi connectivity index (χ2n) is 4.47. The number of para-hydroxylation sites is 1. The summed E-state index contributed by atoms with van der Waals surface area (Å²) in [5, 5.41) is 8.87. The molecule has 3 aromatic rings. The first-order valence-electron chi connectivity index (χ1n) is 5.71. The van der Waals surface area contributed by atoms with Crippen LogP contribution in [0.25, 0.3) is 16.8 Å². The van der Waals surface area contributed by atoms with E-state index in [1.54, 1.807) is 0 Å². The van der Waals surface area contributed by atoms with Crippen molar-refractivity contribution in [2.45, 2.75) is 13.3 Å². The van der Waals surface area contributed by atoms with Crippen molar-refractivity contribution in [2.24, 2.45) is 7.05 Å². The Labute approximate surface area is 103 Å². The molecule has 18 heavy (non-hydrogen) atoms. The van der Waals surface area contributed by atoms with Crippen molar-refractivity contribution in [1.29, 1.82) is 0 Å². The molecule has 0 aliphatic rings. The summed E-state index contributed by atoms with van der Waals surface area (Å²) in [6, 6.07) is 6.00. The standard InChI is InChI=1S/C13H13N3O2/c1-8-4-3-5-10-12(8)14-13-15(2)9(6-11(17)18)7-16(10)13/h3-5,7H,6H2,1-2H3,(H,17,18). The normalized spacial score (nSPS) is 11.4. The van der Waals surface area contributed by atoms with Gasteiger partial charge in [0.05, 0.1) is 17.5 Å².